The van der Waals surface area contributed by atoms with Crippen LogP contribution in [-0.4, -0.2) is 23.9 Å². The van der Waals surface area contributed by atoms with Crippen LogP contribution in [0, 0.1) is 0 Å². The predicted molar refractivity (Wildman–Crippen MR) is 57.7 cm³/mol. The minimum absolute atomic E-state index is 0.272. The van der Waals surface area contributed by atoms with Crippen LogP contribution in [0.15, 0.2) is 18.5 Å². The number of ether oxygens (including phenoxy) is 2. The summed E-state index contributed by atoms with van der Waals surface area (Å²) in [5.41, 5.74) is 0.614. The highest BCUT2D eigenvalue weighted by Gasteiger charge is 2.10. The average Bonchev–Trinajstić information content (AvgIpc) is 2.30. The fourth-order valence-corrected chi connectivity index (χ4v) is 1.56. The molecule has 0 unspecified atom stereocenters. The molecule has 6 heteroatoms. The zero-order chi connectivity index (χ0) is 11.5. The Morgan fingerprint density at radius 3 is 2.81 bits per heavy atom. The van der Waals surface area contributed by atoms with Crippen LogP contribution in [0.2, 0.25) is 5.15 Å². The van der Waals surface area contributed by atoms with Crippen LogP contribution < -0.4 is 9.47 Å². The van der Waals surface area contributed by atoms with Crippen molar-refractivity contribution in [3.8, 4) is 11.5 Å². The molecule has 0 spiro atoms. The van der Waals surface area contributed by atoms with E-state index in [9.17, 15) is 4.39 Å². The molecule has 0 atom stereocenters. The molecule has 0 amide bonds. The lowest BCUT2D eigenvalue weighted by molar-refractivity contribution is 0.185. The zero-order valence-electron chi connectivity index (χ0n) is 8.41. The van der Waals surface area contributed by atoms with Crippen molar-refractivity contribution in [2.45, 2.75) is 0 Å². The van der Waals surface area contributed by atoms with E-state index in [4.69, 9.17) is 21.1 Å². The van der Waals surface area contributed by atoms with Crippen molar-refractivity contribution in [3.63, 3.8) is 0 Å². The fraction of sp³-hybridized carbons (Fsp3) is 0.200. The van der Waals surface area contributed by atoms with Gasteiger partial charge in [-0.25, -0.2) is 14.4 Å². The van der Waals surface area contributed by atoms with Gasteiger partial charge in [-0.1, -0.05) is 11.6 Å². The molecule has 0 aliphatic rings. The van der Waals surface area contributed by atoms with E-state index >= 15 is 0 Å². The summed E-state index contributed by atoms with van der Waals surface area (Å²) in [5, 5.41) is 0.879. The van der Waals surface area contributed by atoms with Gasteiger partial charge in [0.25, 0.3) is 0 Å². The first kappa shape index (κ1) is 10.9. The number of rotatable bonds is 3. The van der Waals surface area contributed by atoms with E-state index in [1.807, 2.05) is 0 Å². The molecule has 1 aromatic carbocycles. The number of hydrogen-bond acceptors (Lipinski definition) is 4. The maximum Gasteiger partial charge on any atom is 0.228 e. The summed E-state index contributed by atoms with van der Waals surface area (Å²) in [6.45, 7) is -0.937. The van der Waals surface area contributed by atoms with Crippen LogP contribution in [0.4, 0.5) is 4.39 Å². The smallest absolute Gasteiger partial charge is 0.228 e. The maximum atomic E-state index is 12.2. The lowest BCUT2D eigenvalue weighted by atomic mass is 10.2. The molecule has 0 bridgehead atoms. The Balaban J connectivity index is 2.65. The number of fused-ring (bicyclic) bond motifs is 1. The molecule has 1 aromatic heterocycles. The number of aromatic nitrogens is 2. The Morgan fingerprint density at radius 2 is 2.12 bits per heavy atom. The summed E-state index contributed by atoms with van der Waals surface area (Å²) in [7, 11) is 1.47. The standard InChI is InChI=1S/C10H8ClFN2O2/c1-15-8-3-7-6(2-9(8)16-4-12)10(11)14-5-13-7/h2-3,5H,4H2,1H3. The van der Waals surface area contributed by atoms with E-state index in [-0.39, 0.29) is 10.9 Å². The van der Waals surface area contributed by atoms with Crippen molar-refractivity contribution in [1.29, 1.82) is 0 Å². The third-order valence-electron chi connectivity index (χ3n) is 2.08. The second-order valence-electron chi connectivity index (χ2n) is 2.94. The molecule has 0 aliphatic heterocycles. The van der Waals surface area contributed by atoms with Crippen LogP contribution in [-0.2, 0) is 0 Å². The number of nitrogens with zero attached hydrogens (tertiary/aromatic N) is 2. The van der Waals surface area contributed by atoms with Gasteiger partial charge in [-0.3, -0.25) is 0 Å². The number of halogens is 2. The van der Waals surface area contributed by atoms with E-state index in [1.54, 1.807) is 12.1 Å². The Bertz CT molecular complexity index is 521. The minimum atomic E-state index is -0.937. The predicted octanol–water partition coefficient (Wildman–Crippen LogP) is 2.60. The van der Waals surface area contributed by atoms with Gasteiger partial charge >= 0.3 is 0 Å². The maximum absolute atomic E-state index is 12.2. The average molecular weight is 243 g/mol. The van der Waals surface area contributed by atoms with Gasteiger partial charge in [-0.2, -0.15) is 0 Å². The van der Waals surface area contributed by atoms with E-state index in [0.717, 1.165) is 0 Å². The third kappa shape index (κ3) is 1.86. The Kier molecular flexibility index (Phi) is 3.05. The fourth-order valence-electron chi connectivity index (χ4n) is 1.36. The highest BCUT2D eigenvalue weighted by molar-refractivity contribution is 6.34. The molecule has 0 saturated heterocycles. The van der Waals surface area contributed by atoms with Crippen LogP contribution in [0.3, 0.4) is 0 Å². The molecule has 0 aliphatic carbocycles. The summed E-state index contributed by atoms with van der Waals surface area (Å²) in [6, 6.07) is 3.17. The van der Waals surface area contributed by atoms with Gasteiger partial charge in [0.15, 0.2) is 11.5 Å². The molecule has 4 nitrogen and oxygen atoms in total. The number of methoxy groups -OCH3 is 1. The molecule has 0 fully saturated rings. The van der Waals surface area contributed by atoms with Crippen molar-refractivity contribution in [3.05, 3.63) is 23.6 Å². The SMILES string of the molecule is COc1cc2ncnc(Cl)c2cc1OCF. The highest BCUT2D eigenvalue weighted by atomic mass is 35.5. The molecule has 0 N–H and O–H groups in total. The molecule has 0 saturated carbocycles. The number of benzene rings is 1. The first-order chi connectivity index (χ1) is 7.76. The van der Waals surface area contributed by atoms with Crippen molar-refractivity contribution in [1.82, 2.24) is 9.97 Å². The topological polar surface area (TPSA) is 44.2 Å². The van der Waals surface area contributed by atoms with Crippen molar-refractivity contribution >= 4 is 22.5 Å². The Hall–Kier alpha value is -1.62. The van der Waals surface area contributed by atoms with E-state index in [0.29, 0.717) is 16.7 Å². The molecule has 16 heavy (non-hydrogen) atoms. The molecular weight excluding hydrogens is 235 g/mol. The van der Waals surface area contributed by atoms with Gasteiger partial charge in [0.1, 0.15) is 11.5 Å². The first-order valence-corrected chi connectivity index (χ1v) is 4.81. The molecule has 2 rings (SSSR count). The highest BCUT2D eigenvalue weighted by Crippen LogP contribution is 2.33. The van der Waals surface area contributed by atoms with Gasteiger partial charge in [0.2, 0.25) is 6.86 Å². The van der Waals surface area contributed by atoms with Crippen LogP contribution in [0.1, 0.15) is 0 Å². The number of hydrogen-bond donors (Lipinski definition) is 0. The van der Waals surface area contributed by atoms with E-state index in [1.165, 1.54) is 13.4 Å². The van der Waals surface area contributed by atoms with Gasteiger partial charge in [-0.05, 0) is 6.07 Å². The third-order valence-corrected chi connectivity index (χ3v) is 2.38. The van der Waals surface area contributed by atoms with Crippen LogP contribution in [0.25, 0.3) is 10.9 Å². The van der Waals surface area contributed by atoms with Crippen LogP contribution >= 0.6 is 11.6 Å². The molecule has 0 radical (unpaired) electrons. The van der Waals surface area contributed by atoms with Crippen molar-refractivity contribution in [2.24, 2.45) is 0 Å². The summed E-state index contributed by atoms with van der Waals surface area (Å²) in [5.74, 6) is 0.675. The summed E-state index contributed by atoms with van der Waals surface area (Å²) < 4.78 is 22.0. The van der Waals surface area contributed by atoms with E-state index < -0.39 is 6.86 Å². The summed E-state index contributed by atoms with van der Waals surface area (Å²) in [6.07, 6.45) is 1.35. The minimum Gasteiger partial charge on any atom is -0.493 e. The van der Waals surface area contributed by atoms with Gasteiger partial charge in [-0.15, -0.1) is 0 Å². The van der Waals surface area contributed by atoms with Gasteiger partial charge in [0.05, 0.1) is 12.6 Å². The van der Waals surface area contributed by atoms with Crippen molar-refractivity contribution in [2.75, 3.05) is 14.0 Å². The number of alkyl halides is 1. The molecule has 1 heterocycles. The Morgan fingerprint density at radius 1 is 1.31 bits per heavy atom. The summed E-state index contributed by atoms with van der Waals surface area (Å²) >= 11 is 5.88. The Labute approximate surface area is 96.0 Å². The van der Waals surface area contributed by atoms with Crippen molar-refractivity contribution < 1.29 is 13.9 Å². The lowest BCUT2D eigenvalue weighted by Gasteiger charge is -2.09. The van der Waals surface area contributed by atoms with Gasteiger partial charge < -0.3 is 9.47 Å². The normalized spacial score (nSPS) is 10.4. The van der Waals surface area contributed by atoms with Crippen LogP contribution in [0.5, 0.6) is 11.5 Å². The molecule has 2 aromatic rings. The second kappa shape index (κ2) is 4.49. The quantitative estimate of drug-likeness (QED) is 0.776. The summed E-state index contributed by atoms with van der Waals surface area (Å²) in [4.78, 5) is 7.86. The zero-order valence-corrected chi connectivity index (χ0v) is 9.16. The largest absolute Gasteiger partial charge is 0.493 e. The monoisotopic (exact) mass is 242 g/mol. The van der Waals surface area contributed by atoms with E-state index in [2.05, 4.69) is 9.97 Å². The molecular formula is C10H8ClFN2O2. The van der Waals surface area contributed by atoms with Gasteiger partial charge in [0, 0.05) is 11.5 Å². The molecule has 84 valence electrons. The first-order valence-electron chi connectivity index (χ1n) is 4.43. The lowest BCUT2D eigenvalue weighted by Crippen LogP contribution is -1.95. The second-order valence-corrected chi connectivity index (χ2v) is 3.30.